The zero-order chi connectivity index (χ0) is 18.2. The Morgan fingerprint density at radius 2 is 2.12 bits per heavy atom. The minimum absolute atomic E-state index is 0.178. The Balaban J connectivity index is 0.00000109. The number of aromatic carboxylic acids is 1. The lowest BCUT2D eigenvalue weighted by molar-refractivity contribution is 0.0697. The largest absolute Gasteiger partial charge is 0.478 e. The van der Waals surface area contributed by atoms with Crippen LogP contribution in [-0.2, 0) is 0 Å². The minimum atomic E-state index is -0.996. The summed E-state index contributed by atoms with van der Waals surface area (Å²) in [7, 11) is 0. The molecule has 1 atom stereocenters. The zero-order valence-corrected chi connectivity index (χ0v) is 14.7. The second-order valence-corrected chi connectivity index (χ2v) is 5.33. The summed E-state index contributed by atoms with van der Waals surface area (Å²) in [6, 6.07) is 8.94. The van der Waals surface area contributed by atoms with Gasteiger partial charge in [-0.3, -0.25) is 0 Å². The highest BCUT2D eigenvalue weighted by Gasteiger charge is 2.15. The number of benzene rings is 1. The van der Waals surface area contributed by atoms with Crippen LogP contribution in [0.4, 0.5) is 5.69 Å². The first-order chi connectivity index (χ1) is 12.1. The molecule has 1 aromatic carbocycles. The van der Waals surface area contributed by atoms with Crippen LogP contribution in [0, 0.1) is 12.0 Å². The van der Waals surface area contributed by atoms with Gasteiger partial charge in [0.05, 0.1) is 11.3 Å². The molecule has 0 saturated carbocycles. The molecular formula is C19H18ClN3O2. The molecular weight excluding hydrogens is 338 g/mol. The molecule has 25 heavy (non-hydrogen) atoms. The van der Waals surface area contributed by atoms with E-state index in [1.165, 1.54) is 17.1 Å². The Morgan fingerprint density at radius 1 is 1.32 bits per heavy atom. The van der Waals surface area contributed by atoms with Crippen molar-refractivity contribution in [3.8, 4) is 12.0 Å². The molecule has 2 aliphatic rings. The number of hydrogen-bond acceptors (Lipinski definition) is 4. The topological polar surface area (TPSA) is 65.3 Å². The van der Waals surface area contributed by atoms with Crippen molar-refractivity contribution >= 4 is 23.3 Å². The smallest absolute Gasteiger partial charge is 0.335 e. The predicted molar refractivity (Wildman–Crippen MR) is 99.4 cm³/mol. The van der Waals surface area contributed by atoms with Crippen LogP contribution in [0.15, 0.2) is 69.5 Å². The van der Waals surface area contributed by atoms with Gasteiger partial charge in [-0.15, -0.1) is 5.11 Å². The summed E-state index contributed by atoms with van der Waals surface area (Å²) in [5, 5.41) is 19.4. The molecule has 128 valence electrons. The van der Waals surface area contributed by atoms with Crippen molar-refractivity contribution in [3.63, 3.8) is 0 Å². The molecule has 6 heteroatoms. The van der Waals surface area contributed by atoms with Crippen LogP contribution < -0.4 is 5.01 Å². The van der Waals surface area contributed by atoms with Gasteiger partial charge in [-0.2, -0.15) is 5.01 Å². The van der Waals surface area contributed by atoms with Crippen LogP contribution >= 0.6 is 11.6 Å². The van der Waals surface area contributed by atoms with Gasteiger partial charge in [0, 0.05) is 11.1 Å². The number of allylic oxidation sites excluding steroid dienone is 4. The molecule has 0 aromatic heterocycles. The van der Waals surface area contributed by atoms with Crippen molar-refractivity contribution in [2.75, 3.05) is 5.01 Å². The van der Waals surface area contributed by atoms with E-state index < -0.39 is 5.97 Å². The van der Waals surface area contributed by atoms with Gasteiger partial charge in [0.15, 0.2) is 6.04 Å². The van der Waals surface area contributed by atoms with Crippen molar-refractivity contribution in [2.24, 2.45) is 10.3 Å². The summed E-state index contributed by atoms with van der Waals surface area (Å²) < 4.78 is 0. The Labute approximate surface area is 152 Å². The average Bonchev–Trinajstić information content (AvgIpc) is 2.88. The summed E-state index contributed by atoms with van der Waals surface area (Å²) in [6.07, 6.45) is 8.32. The highest BCUT2D eigenvalue weighted by Crippen LogP contribution is 2.22. The van der Waals surface area contributed by atoms with Crippen LogP contribution in [0.2, 0.25) is 0 Å². The number of carboxylic acid groups (broad SMARTS) is 1. The number of hydrogen-bond donors (Lipinski definition) is 1. The standard InChI is InChI=1S/C17H12ClN3O2.C2H6/c18-14-5-1-3-12(7-8-14)16-9-10-21(20-19-16)15-6-2-4-13(11-15)17(22)23;1-2/h2-8,11,16H,1H2,(H,22,23);1-2H3. The summed E-state index contributed by atoms with van der Waals surface area (Å²) in [5.41, 5.74) is 1.68. The van der Waals surface area contributed by atoms with Gasteiger partial charge in [-0.05, 0) is 42.2 Å². The van der Waals surface area contributed by atoms with Gasteiger partial charge >= 0.3 is 5.97 Å². The molecule has 5 nitrogen and oxygen atoms in total. The molecule has 0 bridgehead atoms. The average molecular weight is 356 g/mol. The first-order valence-electron chi connectivity index (χ1n) is 7.93. The molecule has 0 saturated heterocycles. The lowest BCUT2D eigenvalue weighted by atomic mass is 10.1. The number of nitrogens with zero attached hydrogens (tertiary/aromatic N) is 3. The summed E-state index contributed by atoms with van der Waals surface area (Å²) in [6.45, 7) is 4.00. The summed E-state index contributed by atoms with van der Waals surface area (Å²) >= 11 is 5.96. The molecule has 3 rings (SSSR count). The van der Waals surface area contributed by atoms with E-state index >= 15 is 0 Å². The molecule has 0 fully saturated rings. The predicted octanol–water partition coefficient (Wildman–Crippen LogP) is 4.94. The molecule has 1 aromatic rings. The molecule has 1 N–H and O–H groups in total. The van der Waals surface area contributed by atoms with Crippen LogP contribution in [0.1, 0.15) is 30.6 Å². The fourth-order valence-corrected chi connectivity index (χ4v) is 2.29. The maximum Gasteiger partial charge on any atom is 0.335 e. The molecule has 0 radical (unpaired) electrons. The molecule has 0 spiro atoms. The van der Waals surface area contributed by atoms with E-state index in [1.54, 1.807) is 18.2 Å². The number of anilines is 1. The van der Waals surface area contributed by atoms with E-state index in [0.29, 0.717) is 10.7 Å². The van der Waals surface area contributed by atoms with Crippen molar-refractivity contribution in [2.45, 2.75) is 26.3 Å². The van der Waals surface area contributed by atoms with Crippen LogP contribution in [-0.4, -0.2) is 17.1 Å². The fraction of sp³-hybridized carbons (Fsp3) is 0.211. The minimum Gasteiger partial charge on any atom is -0.478 e. The number of carboxylic acids is 1. The second-order valence-electron chi connectivity index (χ2n) is 4.89. The van der Waals surface area contributed by atoms with Gasteiger partial charge in [0.25, 0.3) is 0 Å². The van der Waals surface area contributed by atoms with E-state index in [4.69, 9.17) is 16.7 Å². The maximum absolute atomic E-state index is 11.0. The second kappa shape index (κ2) is 8.86. The third-order valence-corrected chi connectivity index (χ3v) is 3.60. The molecule has 0 amide bonds. The van der Waals surface area contributed by atoms with Gasteiger partial charge in [-0.1, -0.05) is 55.0 Å². The van der Waals surface area contributed by atoms with Crippen LogP contribution in [0.3, 0.4) is 0 Å². The normalized spacial score (nSPS) is 18.0. The highest BCUT2D eigenvalue weighted by atomic mass is 35.5. The lowest BCUT2D eigenvalue weighted by Gasteiger charge is -2.16. The van der Waals surface area contributed by atoms with E-state index in [1.807, 2.05) is 32.1 Å². The van der Waals surface area contributed by atoms with Crippen LogP contribution in [0.25, 0.3) is 0 Å². The van der Waals surface area contributed by atoms with E-state index in [9.17, 15) is 4.79 Å². The van der Waals surface area contributed by atoms with Crippen molar-refractivity contribution in [1.82, 2.24) is 0 Å². The highest BCUT2D eigenvalue weighted by molar-refractivity contribution is 6.31. The maximum atomic E-state index is 11.0. The molecule has 1 unspecified atom stereocenters. The Hall–Kier alpha value is -2.84. The van der Waals surface area contributed by atoms with Gasteiger partial charge in [-0.25, -0.2) is 4.79 Å². The van der Waals surface area contributed by atoms with E-state index in [2.05, 4.69) is 22.3 Å². The van der Waals surface area contributed by atoms with Crippen molar-refractivity contribution in [1.29, 1.82) is 0 Å². The first kappa shape index (κ1) is 18.5. The van der Waals surface area contributed by atoms with Crippen molar-refractivity contribution in [3.05, 3.63) is 64.7 Å². The third-order valence-electron chi connectivity index (χ3n) is 3.32. The molecule has 1 aliphatic carbocycles. The number of halogens is 1. The third kappa shape index (κ3) is 4.82. The lowest BCUT2D eigenvalue weighted by Crippen LogP contribution is -2.16. The van der Waals surface area contributed by atoms with Crippen molar-refractivity contribution < 1.29 is 9.90 Å². The summed E-state index contributed by atoms with van der Waals surface area (Å²) in [5.74, 6) is 2.02. The fourth-order valence-electron chi connectivity index (χ4n) is 2.14. The Kier molecular flexibility index (Phi) is 6.55. The Morgan fingerprint density at radius 3 is 2.80 bits per heavy atom. The van der Waals surface area contributed by atoms with Crippen LogP contribution in [0.5, 0.6) is 0 Å². The van der Waals surface area contributed by atoms with E-state index in [0.717, 1.165) is 12.0 Å². The quantitative estimate of drug-likeness (QED) is 0.781. The number of carbonyl (C=O) groups is 1. The molecule has 1 heterocycles. The zero-order valence-electron chi connectivity index (χ0n) is 14.0. The molecule has 1 aliphatic heterocycles. The number of rotatable bonds is 3. The SMILES string of the molecule is CC.O=C(O)c1cccc(N2C#CC(C3=CCC=C(Cl)C=C3)N=N2)c1. The summed E-state index contributed by atoms with van der Waals surface area (Å²) in [4.78, 5) is 11.0. The van der Waals surface area contributed by atoms with E-state index in [-0.39, 0.29) is 11.6 Å². The van der Waals surface area contributed by atoms with Gasteiger partial charge in [0.2, 0.25) is 0 Å². The monoisotopic (exact) mass is 355 g/mol. The Bertz CT molecular complexity index is 829. The van der Waals surface area contributed by atoms with Gasteiger partial charge in [0.1, 0.15) is 0 Å². The van der Waals surface area contributed by atoms with Gasteiger partial charge < -0.3 is 5.11 Å². The first-order valence-corrected chi connectivity index (χ1v) is 8.30.